The Hall–Kier alpha value is -1.39. The number of hydrogen-bond acceptors (Lipinski definition) is 9. The summed E-state index contributed by atoms with van der Waals surface area (Å²) in [6.45, 7) is 0. The van der Waals surface area contributed by atoms with Crippen LogP contribution in [0.5, 0.6) is 0 Å². The minimum atomic E-state index is -0.0698. The molecule has 0 atom stereocenters. The first-order valence-electron chi connectivity index (χ1n) is 4.58. The van der Waals surface area contributed by atoms with Gasteiger partial charge in [-0.2, -0.15) is 0 Å². The number of amidine groups is 1. The van der Waals surface area contributed by atoms with Crippen LogP contribution in [0.15, 0.2) is 31.3 Å². The van der Waals surface area contributed by atoms with E-state index in [1.807, 2.05) is 6.26 Å². The quantitative estimate of drug-likeness (QED) is 0.286. The van der Waals surface area contributed by atoms with Gasteiger partial charge in [0.2, 0.25) is 0 Å². The van der Waals surface area contributed by atoms with Crippen molar-refractivity contribution >= 4 is 40.7 Å². The van der Waals surface area contributed by atoms with Gasteiger partial charge in [0.25, 0.3) is 0 Å². The fourth-order valence-corrected chi connectivity index (χ4v) is 3.26. The van der Waals surface area contributed by atoms with Crippen LogP contribution in [0.25, 0.3) is 0 Å². The summed E-state index contributed by atoms with van der Waals surface area (Å²) < 4.78 is 1.70. The van der Waals surface area contributed by atoms with Gasteiger partial charge in [-0.3, -0.25) is 0 Å². The molecule has 2 aromatic rings. The van der Waals surface area contributed by atoms with E-state index in [1.165, 1.54) is 35.5 Å². The molecular weight excluding hydrogens is 292 g/mol. The lowest BCUT2D eigenvalue weighted by Gasteiger charge is -1.98. The van der Waals surface area contributed by atoms with Crippen LogP contribution in [0.4, 0.5) is 0 Å². The van der Waals surface area contributed by atoms with Crippen LogP contribution in [-0.2, 0) is 0 Å². The van der Waals surface area contributed by atoms with Gasteiger partial charge in [-0.05, 0) is 18.0 Å². The lowest BCUT2D eigenvalue weighted by Crippen LogP contribution is -2.15. The zero-order valence-corrected chi connectivity index (χ0v) is 11.6. The largest absolute Gasteiger partial charge is 0.409 e. The molecule has 0 spiro atoms. The number of nitrogens with zero attached hydrogens (tertiary/aromatic N) is 5. The van der Waals surface area contributed by atoms with Crippen molar-refractivity contribution in [3.8, 4) is 0 Å². The topological polar surface area (TPSA) is 110 Å². The van der Waals surface area contributed by atoms with E-state index in [0.717, 1.165) is 8.68 Å². The monoisotopic (exact) mass is 300 g/mol. The molecule has 0 aliphatic heterocycles. The van der Waals surface area contributed by atoms with Crippen molar-refractivity contribution in [1.29, 1.82) is 0 Å². The molecule has 0 amide bonds. The van der Waals surface area contributed by atoms with Crippen molar-refractivity contribution in [3.05, 3.63) is 18.1 Å². The summed E-state index contributed by atoms with van der Waals surface area (Å²) in [5.41, 5.74) is 5.71. The van der Waals surface area contributed by atoms with E-state index in [2.05, 4.69) is 25.3 Å². The summed E-state index contributed by atoms with van der Waals surface area (Å²) >= 11 is 4.40. The van der Waals surface area contributed by atoms with Gasteiger partial charge in [0.05, 0.1) is 12.4 Å². The van der Waals surface area contributed by atoms with Crippen molar-refractivity contribution in [3.63, 3.8) is 0 Å². The van der Waals surface area contributed by atoms with Gasteiger partial charge in [-0.25, -0.2) is 9.97 Å². The normalized spacial score (nSPS) is 11.7. The van der Waals surface area contributed by atoms with Gasteiger partial charge in [0, 0.05) is 0 Å². The van der Waals surface area contributed by atoms with Crippen molar-refractivity contribution in [2.75, 3.05) is 6.26 Å². The average molecular weight is 300 g/mol. The molecule has 0 fully saturated rings. The Morgan fingerprint density at radius 1 is 1.33 bits per heavy atom. The third-order valence-electron chi connectivity index (χ3n) is 1.75. The Labute approximate surface area is 115 Å². The fourth-order valence-electron chi connectivity index (χ4n) is 0.963. The summed E-state index contributed by atoms with van der Waals surface area (Å²) in [4.78, 5) is 8.16. The molecule has 7 nitrogen and oxygen atoms in total. The second kappa shape index (κ2) is 5.98. The first kappa shape index (κ1) is 13.1. The van der Waals surface area contributed by atoms with Crippen LogP contribution in [-0.4, -0.2) is 37.5 Å². The molecule has 0 radical (unpaired) electrons. The predicted molar refractivity (Wildman–Crippen MR) is 70.4 cm³/mol. The fraction of sp³-hybridized carbons (Fsp3) is 0.125. The van der Waals surface area contributed by atoms with Gasteiger partial charge in [0.1, 0.15) is 10.7 Å². The number of oxime groups is 1. The molecule has 0 aliphatic rings. The number of aromatic nitrogens is 4. The first-order valence-corrected chi connectivity index (χ1v) is 7.44. The van der Waals surface area contributed by atoms with Crippen LogP contribution in [0, 0.1) is 0 Å². The number of thioether (sulfide) groups is 1. The summed E-state index contributed by atoms with van der Waals surface area (Å²) in [5.74, 6) is -0.0698. The molecule has 0 bridgehead atoms. The maximum atomic E-state index is 8.49. The first-order chi connectivity index (χ1) is 8.72. The minimum Gasteiger partial charge on any atom is -0.409 e. The van der Waals surface area contributed by atoms with Crippen molar-refractivity contribution < 1.29 is 5.21 Å². The molecule has 3 N–H and O–H groups in total. The van der Waals surface area contributed by atoms with Crippen molar-refractivity contribution in [1.82, 2.24) is 20.2 Å². The molecule has 2 rings (SSSR count). The Balaban J connectivity index is 2.10. The molecule has 0 aromatic carbocycles. The van der Waals surface area contributed by atoms with Crippen molar-refractivity contribution in [2.45, 2.75) is 13.7 Å². The molecule has 10 heteroatoms. The van der Waals surface area contributed by atoms with Crippen LogP contribution >= 0.6 is 34.9 Å². The van der Waals surface area contributed by atoms with Crippen LogP contribution in [0.1, 0.15) is 5.69 Å². The van der Waals surface area contributed by atoms with Gasteiger partial charge >= 0.3 is 0 Å². The second-order valence-corrected chi connectivity index (χ2v) is 6.16. The molecule has 0 saturated heterocycles. The van der Waals surface area contributed by atoms with Gasteiger partial charge < -0.3 is 10.9 Å². The lowest BCUT2D eigenvalue weighted by molar-refractivity contribution is 0.318. The van der Waals surface area contributed by atoms with E-state index < -0.39 is 0 Å². The SMILES string of the molecule is CSc1nnc(Sc2cnc(C(N)=NO)cn2)s1. The summed E-state index contributed by atoms with van der Waals surface area (Å²) in [6.07, 6.45) is 4.92. The van der Waals surface area contributed by atoms with Crippen molar-refractivity contribution in [2.24, 2.45) is 10.9 Å². The smallest absolute Gasteiger partial charge is 0.190 e. The van der Waals surface area contributed by atoms with E-state index in [1.54, 1.807) is 11.8 Å². The second-order valence-electron chi connectivity index (χ2n) is 2.87. The van der Waals surface area contributed by atoms with E-state index in [9.17, 15) is 0 Å². The van der Waals surface area contributed by atoms with E-state index in [0.29, 0.717) is 10.7 Å². The van der Waals surface area contributed by atoms with Crippen LogP contribution in [0.2, 0.25) is 0 Å². The van der Waals surface area contributed by atoms with E-state index in [-0.39, 0.29) is 5.84 Å². The Morgan fingerprint density at radius 3 is 2.67 bits per heavy atom. The minimum absolute atomic E-state index is 0.0698. The molecule has 18 heavy (non-hydrogen) atoms. The summed E-state index contributed by atoms with van der Waals surface area (Å²) in [7, 11) is 0. The highest BCUT2D eigenvalue weighted by molar-refractivity contribution is 8.02. The van der Waals surface area contributed by atoms with E-state index >= 15 is 0 Å². The molecule has 94 valence electrons. The zero-order chi connectivity index (χ0) is 13.0. The zero-order valence-electron chi connectivity index (χ0n) is 9.14. The highest BCUT2D eigenvalue weighted by Gasteiger charge is 2.07. The predicted octanol–water partition coefficient (Wildman–Crippen LogP) is 1.30. The Bertz CT molecular complexity index is 554. The molecule has 0 aliphatic carbocycles. The highest BCUT2D eigenvalue weighted by Crippen LogP contribution is 2.31. The van der Waals surface area contributed by atoms with Crippen LogP contribution in [0.3, 0.4) is 0 Å². The van der Waals surface area contributed by atoms with E-state index in [4.69, 9.17) is 10.9 Å². The standard InChI is InChI=1S/C8H8N6OS3/c1-16-7-12-13-8(18-7)17-5-3-10-4(2-11-5)6(9)14-15/h2-3,15H,1H3,(H2,9,14). The molecule has 2 heterocycles. The Morgan fingerprint density at radius 2 is 2.11 bits per heavy atom. The molecule has 0 unspecified atom stereocenters. The lowest BCUT2D eigenvalue weighted by atomic mass is 10.4. The average Bonchev–Trinajstić information content (AvgIpc) is 2.86. The molecule has 0 saturated carbocycles. The number of nitrogens with two attached hydrogens (primary N) is 1. The van der Waals surface area contributed by atoms with Gasteiger partial charge in [-0.15, -0.1) is 10.2 Å². The summed E-state index contributed by atoms with van der Waals surface area (Å²) in [5, 5.41) is 20.0. The third kappa shape index (κ3) is 3.09. The summed E-state index contributed by atoms with van der Waals surface area (Å²) in [6, 6.07) is 0. The number of hydrogen-bond donors (Lipinski definition) is 2. The third-order valence-corrected chi connectivity index (χ3v) is 4.62. The highest BCUT2D eigenvalue weighted by atomic mass is 32.2. The van der Waals surface area contributed by atoms with Gasteiger partial charge in [0.15, 0.2) is 14.5 Å². The van der Waals surface area contributed by atoms with Crippen LogP contribution < -0.4 is 5.73 Å². The Kier molecular flexibility index (Phi) is 4.33. The number of rotatable bonds is 4. The van der Waals surface area contributed by atoms with Gasteiger partial charge in [-0.1, -0.05) is 28.3 Å². The maximum absolute atomic E-state index is 8.49. The molecule has 2 aromatic heterocycles. The molecular formula is C8H8N6OS3. The maximum Gasteiger partial charge on any atom is 0.190 e.